The maximum Gasteiger partial charge on any atom is 0.119 e. The van der Waals surface area contributed by atoms with Crippen molar-refractivity contribution >= 4 is 0 Å². The summed E-state index contributed by atoms with van der Waals surface area (Å²) in [4.78, 5) is 0. The lowest BCUT2D eigenvalue weighted by Gasteiger charge is -2.12. The molecule has 0 aliphatic carbocycles. The lowest BCUT2D eigenvalue weighted by molar-refractivity contribution is 0.108. The molecule has 0 spiro atoms. The summed E-state index contributed by atoms with van der Waals surface area (Å²) in [5.41, 5.74) is 2.55. The molecule has 3 nitrogen and oxygen atoms in total. The largest absolute Gasteiger partial charge is 0.491 e. The standard InChI is InChI=1S/C17H21NO2/c1-18-12-16(19)13-20-17-9-7-15(8-10-17)11-14-5-3-2-4-6-14/h2-10,16,18-19H,11-13H2,1H3. The highest BCUT2D eigenvalue weighted by Crippen LogP contribution is 2.15. The van der Waals surface area contributed by atoms with Gasteiger partial charge >= 0.3 is 0 Å². The zero-order valence-electron chi connectivity index (χ0n) is 11.8. The molecule has 0 saturated carbocycles. The van der Waals surface area contributed by atoms with Crippen molar-refractivity contribution in [2.75, 3.05) is 20.2 Å². The first kappa shape index (κ1) is 14.6. The normalized spacial score (nSPS) is 12.1. The lowest BCUT2D eigenvalue weighted by atomic mass is 10.1. The summed E-state index contributed by atoms with van der Waals surface area (Å²) in [5, 5.41) is 12.5. The van der Waals surface area contributed by atoms with E-state index in [1.165, 1.54) is 11.1 Å². The maximum atomic E-state index is 9.57. The molecule has 106 valence electrons. The minimum atomic E-state index is -0.482. The Morgan fingerprint density at radius 2 is 1.65 bits per heavy atom. The number of ether oxygens (including phenoxy) is 1. The predicted molar refractivity (Wildman–Crippen MR) is 81.1 cm³/mol. The Labute approximate surface area is 120 Å². The van der Waals surface area contributed by atoms with Crippen LogP contribution in [0.2, 0.25) is 0 Å². The van der Waals surface area contributed by atoms with Gasteiger partial charge in [0.25, 0.3) is 0 Å². The lowest BCUT2D eigenvalue weighted by Crippen LogP contribution is -2.29. The molecule has 1 atom stereocenters. The average Bonchev–Trinajstić information content (AvgIpc) is 2.48. The van der Waals surface area contributed by atoms with Crippen LogP contribution in [-0.2, 0) is 6.42 Å². The number of hydrogen-bond donors (Lipinski definition) is 2. The highest BCUT2D eigenvalue weighted by Gasteiger charge is 2.03. The number of hydrogen-bond acceptors (Lipinski definition) is 3. The molecule has 0 aliphatic heterocycles. The van der Waals surface area contributed by atoms with Crippen molar-refractivity contribution in [1.82, 2.24) is 5.32 Å². The van der Waals surface area contributed by atoms with E-state index in [1.807, 2.05) is 25.2 Å². The number of aliphatic hydroxyl groups is 1. The Hall–Kier alpha value is -1.84. The SMILES string of the molecule is CNCC(O)COc1ccc(Cc2ccccc2)cc1. The second-order valence-electron chi connectivity index (χ2n) is 4.83. The van der Waals surface area contributed by atoms with E-state index in [0.29, 0.717) is 13.2 Å². The van der Waals surface area contributed by atoms with Gasteiger partial charge in [-0.15, -0.1) is 0 Å². The van der Waals surface area contributed by atoms with E-state index >= 15 is 0 Å². The van der Waals surface area contributed by atoms with Gasteiger partial charge in [-0.3, -0.25) is 0 Å². The van der Waals surface area contributed by atoms with Crippen molar-refractivity contribution in [3.05, 3.63) is 65.7 Å². The van der Waals surface area contributed by atoms with Gasteiger partial charge in [0.05, 0.1) is 0 Å². The molecule has 2 rings (SSSR count). The molecule has 3 heteroatoms. The quantitative estimate of drug-likeness (QED) is 0.811. The van der Waals surface area contributed by atoms with Gasteiger partial charge in [0.15, 0.2) is 0 Å². The summed E-state index contributed by atoms with van der Waals surface area (Å²) >= 11 is 0. The minimum Gasteiger partial charge on any atom is -0.491 e. The van der Waals surface area contributed by atoms with Gasteiger partial charge < -0.3 is 15.2 Å². The maximum absolute atomic E-state index is 9.57. The van der Waals surface area contributed by atoms with Crippen LogP contribution in [0, 0.1) is 0 Å². The molecule has 0 aromatic heterocycles. The zero-order valence-corrected chi connectivity index (χ0v) is 11.8. The van der Waals surface area contributed by atoms with Crippen molar-refractivity contribution in [3.8, 4) is 5.75 Å². The van der Waals surface area contributed by atoms with Crippen molar-refractivity contribution < 1.29 is 9.84 Å². The minimum absolute atomic E-state index is 0.304. The first-order valence-corrected chi connectivity index (χ1v) is 6.86. The Morgan fingerprint density at radius 3 is 2.30 bits per heavy atom. The molecule has 2 aromatic carbocycles. The van der Waals surface area contributed by atoms with Gasteiger partial charge in [-0.25, -0.2) is 0 Å². The number of rotatable bonds is 7. The second-order valence-corrected chi connectivity index (χ2v) is 4.83. The van der Waals surface area contributed by atoms with E-state index in [4.69, 9.17) is 4.74 Å². The van der Waals surface area contributed by atoms with Gasteiger partial charge in [0.2, 0.25) is 0 Å². The number of benzene rings is 2. The van der Waals surface area contributed by atoms with Crippen LogP contribution in [0.4, 0.5) is 0 Å². The van der Waals surface area contributed by atoms with Crippen LogP contribution in [0.25, 0.3) is 0 Å². The van der Waals surface area contributed by atoms with Crippen LogP contribution in [-0.4, -0.2) is 31.4 Å². The van der Waals surface area contributed by atoms with Crippen LogP contribution < -0.4 is 10.1 Å². The average molecular weight is 271 g/mol. The van der Waals surface area contributed by atoms with Crippen molar-refractivity contribution in [3.63, 3.8) is 0 Å². The van der Waals surface area contributed by atoms with E-state index in [1.54, 1.807) is 0 Å². The summed E-state index contributed by atoms with van der Waals surface area (Å²) in [5.74, 6) is 0.789. The molecule has 20 heavy (non-hydrogen) atoms. The fraction of sp³-hybridized carbons (Fsp3) is 0.294. The Kier molecular flexibility index (Phi) is 5.59. The first-order chi connectivity index (χ1) is 9.78. The van der Waals surface area contributed by atoms with E-state index in [9.17, 15) is 5.11 Å². The Bertz CT molecular complexity index is 496. The summed E-state index contributed by atoms with van der Waals surface area (Å²) in [6.07, 6.45) is 0.438. The predicted octanol–water partition coefficient (Wildman–Crippen LogP) is 2.24. The summed E-state index contributed by atoms with van der Waals surface area (Å²) in [7, 11) is 1.81. The first-order valence-electron chi connectivity index (χ1n) is 6.86. The smallest absolute Gasteiger partial charge is 0.119 e. The van der Waals surface area contributed by atoms with Crippen LogP contribution >= 0.6 is 0 Å². The third-order valence-corrected chi connectivity index (χ3v) is 3.06. The van der Waals surface area contributed by atoms with Crippen molar-refractivity contribution in [2.24, 2.45) is 0 Å². The van der Waals surface area contributed by atoms with Crippen molar-refractivity contribution in [2.45, 2.75) is 12.5 Å². The molecule has 0 fully saturated rings. The van der Waals surface area contributed by atoms with E-state index in [-0.39, 0.29) is 0 Å². The zero-order chi connectivity index (χ0) is 14.2. The molecule has 0 bridgehead atoms. The highest BCUT2D eigenvalue weighted by molar-refractivity contribution is 5.31. The Morgan fingerprint density at radius 1 is 1.00 bits per heavy atom. The fourth-order valence-electron chi connectivity index (χ4n) is 2.02. The van der Waals surface area contributed by atoms with Gasteiger partial charge in [0, 0.05) is 6.54 Å². The fourth-order valence-corrected chi connectivity index (χ4v) is 2.02. The summed E-state index contributed by atoms with van der Waals surface area (Å²) in [6.45, 7) is 0.838. The van der Waals surface area contributed by atoms with E-state index < -0.39 is 6.10 Å². The summed E-state index contributed by atoms with van der Waals surface area (Å²) < 4.78 is 5.54. The monoisotopic (exact) mass is 271 g/mol. The second kappa shape index (κ2) is 7.68. The molecule has 1 unspecified atom stereocenters. The van der Waals surface area contributed by atoms with Crippen LogP contribution in [0.15, 0.2) is 54.6 Å². The van der Waals surface area contributed by atoms with Crippen molar-refractivity contribution in [1.29, 1.82) is 0 Å². The molecular weight excluding hydrogens is 250 g/mol. The molecule has 2 N–H and O–H groups in total. The number of nitrogens with one attached hydrogen (secondary N) is 1. The molecule has 0 radical (unpaired) electrons. The van der Waals surface area contributed by atoms with Crippen LogP contribution in [0.3, 0.4) is 0 Å². The highest BCUT2D eigenvalue weighted by atomic mass is 16.5. The van der Waals surface area contributed by atoms with Gasteiger partial charge in [0.1, 0.15) is 18.5 Å². The molecule has 0 amide bonds. The van der Waals surface area contributed by atoms with E-state index in [2.05, 4.69) is 41.7 Å². The third kappa shape index (κ3) is 4.68. The number of likely N-dealkylation sites (N-methyl/N-ethyl adjacent to an activating group) is 1. The van der Waals surface area contributed by atoms with Crippen LogP contribution in [0.1, 0.15) is 11.1 Å². The molecule has 0 heterocycles. The third-order valence-electron chi connectivity index (χ3n) is 3.06. The topological polar surface area (TPSA) is 41.5 Å². The van der Waals surface area contributed by atoms with E-state index in [0.717, 1.165) is 12.2 Å². The van der Waals surface area contributed by atoms with Gasteiger partial charge in [-0.2, -0.15) is 0 Å². The van der Waals surface area contributed by atoms with Gasteiger partial charge in [-0.1, -0.05) is 42.5 Å². The van der Waals surface area contributed by atoms with Crippen LogP contribution in [0.5, 0.6) is 5.75 Å². The van der Waals surface area contributed by atoms with Gasteiger partial charge in [-0.05, 0) is 36.7 Å². The summed E-state index contributed by atoms with van der Waals surface area (Å²) in [6, 6.07) is 18.4. The Balaban J connectivity index is 1.87. The number of aliphatic hydroxyl groups excluding tert-OH is 1. The molecular formula is C17H21NO2. The molecule has 2 aromatic rings. The molecule has 0 saturated heterocycles. The molecule has 0 aliphatic rings.